The predicted octanol–water partition coefficient (Wildman–Crippen LogP) is 3.15. The second-order valence-corrected chi connectivity index (χ2v) is 6.31. The van der Waals surface area contributed by atoms with Crippen LogP contribution in [-0.4, -0.2) is 41.2 Å². The Morgan fingerprint density at radius 3 is 2.00 bits per heavy atom. The van der Waals surface area contributed by atoms with Crippen molar-refractivity contribution in [1.29, 1.82) is 0 Å². The first-order valence-corrected chi connectivity index (χ1v) is 8.76. The fourth-order valence-electron chi connectivity index (χ4n) is 2.72. The third-order valence-electron chi connectivity index (χ3n) is 4.47. The summed E-state index contributed by atoms with van der Waals surface area (Å²) in [6, 6.07) is 9.38. The van der Waals surface area contributed by atoms with Crippen LogP contribution in [0.15, 0.2) is 30.3 Å². The minimum absolute atomic E-state index is 0.298. The lowest BCUT2D eigenvalue weighted by Gasteiger charge is -2.36. The molecule has 4 heteroatoms. The van der Waals surface area contributed by atoms with Gasteiger partial charge in [-0.15, -0.1) is 0 Å². The van der Waals surface area contributed by atoms with Gasteiger partial charge in [-0.05, 0) is 25.0 Å². The smallest absolute Gasteiger partial charge is 0.119 e. The van der Waals surface area contributed by atoms with Gasteiger partial charge in [0.25, 0.3) is 0 Å². The molecule has 1 rings (SSSR count). The number of hydrogen-bond acceptors (Lipinski definition) is 4. The molecule has 3 N–H and O–H groups in total. The van der Waals surface area contributed by atoms with Gasteiger partial charge in [-0.25, -0.2) is 0 Å². The van der Waals surface area contributed by atoms with Crippen LogP contribution in [0, 0.1) is 5.41 Å². The van der Waals surface area contributed by atoms with E-state index in [9.17, 15) is 15.3 Å². The SMILES string of the molecule is CCCCCCCCC(Oc1ccccc1)C(CO)(CO)CO. The monoisotopic (exact) mass is 324 g/mol. The Hall–Kier alpha value is -1.10. The summed E-state index contributed by atoms with van der Waals surface area (Å²) in [7, 11) is 0. The fraction of sp³-hybridized carbons (Fsp3) is 0.684. The predicted molar refractivity (Wildman–Crippen MR) is 92.5 cm³/mol. The van der Waals surface area contributed by atoms with Gasteiger partial charge in [-0.3, -0.25) is 0 Å². The van der Waals surface area contributed by atoms with E-state index >= 15 is 0 Å². The van der Waals surface area contributed by atoms with Gasteiger partial charge in [0.1, 0.15) is 11.9 Å². The summed E-state index contributed by atoms with van der Waals surface area (Å²) in [6.07, 6.45) is 7.29. The van der Waals surface area contributed by atoms with Crippen molar-refractivity contribution in [3.8, 4) is 5.75 Å². The molecule has 0 amide bonds. The molecule has 23 heavy (non-hydrogen) atoms. The Balaban J connectivity index is 2.64. The summed E-state index contributed by atoms with van der Waals surface area (Å²) in [5.74, 6) is 0.697. The number of benzene rings is 1. The van der Waals surface area contributed by atoms with E-state index in [4.69, 9.17) is 4.74 Å². The van der Waals surface area contributed by atoms with Crippen molar-refractivity contribution < 1.29 is 20.1 Å². The molecule has 0 bridgehead atoms. The largest absolute Gasteiger partial charge is 0.490 e. The van der Waals surface area contributed by atoms with Gasteiger partial charge < -0.3 is 20.1 Å². The summed E-state index contributed by atoms with van der Waals surface area (Å²) >= 11 is 0. The highest BCUT2D eigenvalue weighted by molar-refractivity contribution is 5.21. The first-order chi connectivity index (χ1) is 11.2. The number of ether oxygens (including phenoxy) is 1. The van der Waals surface area contributed by atoms with Crippen LogP contribution in [0.5, 0.6) is 5.75 Å². The maximum absolute atomic E-state index is 9.70. The number of unbranched alkanes of at least 4 members (excludes halogenated alkanes) is 5. The molecule has 0 aliphatic heterocycles. The Bertz CT molecular complexity index is 381. The molecule has 0 fully saturated rings. The molecule has 0 saturated heterocycles. The van der Waals surface area contributed by atoms with Gasteiger partial charge in [-0.2, -0.15) is 0 Å². The maximum Gasteiger partial charge on any atom is 0.119 e. The Morgan fingerprint density at radius 1 is 0.870 bits per heavy atom. The first-order valence-electron chi connectivity index (χ1n) is 8.76. The van der Waals surface area contributed by atoms with E-state index in [1.54, 1.807) is 0 Å². The van der Waals surface area contributed by atoms with Crippen LogP contribution < -0.4 is 4.74 Å². The van der Waals surface area contributed by atoms with Crippen molar-refractivity contribution >= 4 is 0 Å². The van der Waals surface area contributed by atoms with Gasteiger partial charge in [0, 0.05) is 0 Å². The minimum atomic E-state index is -1.01. The zero-order chi connectivity index (χ0) is 17.0. The molecule has 1 aromatic rings. The van der Waals surface area contributed by atoms with Gasteiger partial charge in [0.2, 0.25) is 0 Å². The van der Waals surface area contributed by atoms with Crippen molar-refractivity contribution in [2.45, 2.75) is 58.0 Å². The fourth-order valence-corrected chi connectivity index (χ4v) is 2.72. The average molecular weight is 324 g/mol. The zero-order valence-corrected chi connectivity index (χ0v) is 14.3. The van der Waals surface area contributed by atoms with Crippen LogP contribution in [-0.2, 0) is 0 Å². The number of aliphatic hydroxyl groups excluding tert-OH is 3. The zero-order valence-electron chi connectivity index (χ0n) is 14.3. The van der Waals surface area contributed by atoms with Crippen molar-refractivity contribution in [3.63, 3.8) is 0 Å². The average Bonchev–Trinajstić information content (AvgIpc) is 2.60. The van der Waals surface area contributed by atoms with E-state index in [-0.39, 0.29) is 19.8 Å². The van der Waals surface area contributed by atoms with Gasteiger partial charge in [0.15, 0.2) is 0 Å². The van der Waals surface area contributed by atoms with Crippen molar-refractivity contribution in [2.75, 3.05) is 19.8 Å². The molecule has 0 radical (unpaired) electrons. The number of para-hydroxylation sites is 1. The molecule has 1 atom stereocenters. The van der Waals surface area contributed by atoms with E-state index in [0.29, 0.717) is 12.2 Å². The third-order valence-corrected chi connectivity index (χ3v) is 4.47. The van der Waals surface area contributed by atoms with E-state index in [1.807, 2.05) is 30.3 Å². The Morgan fingerprint density at radius 2 is 1.43 bits per heavy atom. The topological polar surface area (TPSA) is 69.9 Å². The number of aliphatic hydroxyl groups is 3. The van der Waals surface area contributed by atoms with Gasteiger partial charge in [0.05, 0.1) is 25.2 Å². The molecule has 0 saturated carbocycles. The molecule has 0 aliphatic carbocycles. The lowest BCUT2D eigenvalue weighted by Crippen LogP contribution is -2.48. The van der Waals surface area contributed by atoms with E-state index in [0.717, 1.165) is 12.8 Å². The third kappa shape index (κ3) is 6.50. The maximum atomic E-state index is 9.70. The summed E-state index contributed by atoms with van der Waals surface area (Å²) in [5.41, 5.74) is -1.01. The quantitative estimate of drug-likeness (QED) is 0.488. The first kappa shape index (κ1) is 19.9. The highest BCUT2D eigenvalue weighted by atomic mass is 16.5. The lowest BCUT2D eigenvalue weighted by molar-refractivity contribution is -0.0755. The van der Waals surface area contributed by atoms with Gasteiger partial charge in [-0.1, -0.05) is 57.2 Å². The molecule has 0 spiro atoms. The van der Waals surface area contributed by atoms with Crippen molar-refractivity contribution in [3.05, 3.63) is 30.3 Å². The molecule has 1 aromatic carbocycles. The standard InChI is InChI=1S/C19H32O4/c1-2-3-4-5-6-10-13-18(19(14-20,15-21)16-22)23-17-11-8-7-9-12-17/h7-9,11-12,18,20-22H,2-6,10,13-16H2,1H3. The Labute approximate surface area is 140 Å². The highest BCUT2D eigenvalue weighted by Gasteiger charge is 2.39. The molecule has 132 valence electrons. The molecule has 0 heterocycles. The van der Waals surface area contributed by atoms with Crippen molar-refractivity contribution in [2.24, 2.45) is 5.41 Å². The molecule has 4 nitrogen and oxygen atoms in total. The van der Waals surface area contributed by atoms with Crippen LogP contribution in [0.1, 0.15) is 51.9 Å². The van der Waals surface area contributed by atoms with Crippen LogP contribution >= 0.6 is 0 Å². The van der Waals surface area contributed by atoms with Crippen LogP contribution in [0.2, 0.25) is 0 Å². The molecular weight excluding hydrogens is 292 g/mol. The van der Waals surface area contributed by atoms with Crippen LogP contribution in [0.4, 0.5) is 0 Å². The number of hydrogen-bond donors (Lipinski definition) is 3. The summed E-state index contributed by atoms with van der Waals surface area (Å²) in [5, 5.41) is 29.1. The molecule has 0 aliphatic rings. The summed E-state index contributed by atoms with van der Waals surface area (Å²) < 4.78 is 6.00. The van der Waals surface area contributed by atoms with E-state index < -0.39 is 11.5 Å². The lowest BCUT2D eigenvalue weighted by atomic mass is 9.81. The second kappa shape index (κ2) is 11.4. The molecule has 1 unspecified atom stereocenters. The number of rotatable bonds is 13. The second-order valence-electron chi connectivity index (χ2n) is 6.31. The minimum Gasteiger partial charge on any atom is -0.490 e. The molecule has 0 aromatic heterocycles. The van der Waals surface area contributed by atoms with E-state index in [1.165, 1.54) is 25.7 Å². The van der Waals surface area contributed by atoms with Crippen molar-refractivity contribution in [1.82, 2.24) is 0 Å². The Kier molecular flexibility index (Phi) is 9.92. The van der Waals surface area contributed by atoms with Gasteiger partial charge >= 0.3 is 0 Å². The molecular formula is C19H32O4. The van der Waals surface area contributed by atoms with Crippen LogP contribution in [0.25, 0.3) is 0 Å². The summed E-state index contributed by atoms with van der Waals surface area (Å²) in [6.45, 7) is 1.30. The van der Waals surface area contributed by atoms with Crippen LogP contribution in [0.3, 0.4) is 0 Å². The highest BCUT2D eigenvalue weighted by Crippen LogP contribution is 2.29. The normalized spacial score (nSPS) is 13.0. The van der Waals surface area contributed by atoms with E-state index in [2.05, 4.69) is 6.92 Å². The summed E-state index contributed by atoms with van der Waals surface area (Å²) in [4.78, 5) is 0.